The molecule has 4 aromatic rings. The minimum absolute atomic E-state index is 0.644. The Kier molecular flexibility index (Phi) is 3.96. The molecule has 0 saturated heterocycles. The summed E-state index contributed by atoms with van der Waals surface area (Å²) in [7, 11) is 0. The fourth-order valence-electron chi connectivity index (χ4n) is 2.59. The minimum Gasteiger partial charge on any atom is -0.494 e. The van der Waals surface area contributed by atoms with E-state index in [1.54, 1.807) is 17.1 Å². The van der Waals surface area contributed by atoms with E-state index < -0.39 is 0 Å². The number of hydrazone groups is 1. The lowest BCUT2D eigenvalue weighted by atomic mass is 10.2. The predicted octanol–water partition coefficient (Wildman–Crippen LogP) is 3.12. The molecule has 7 nitrogen and oxygen atoms in total. The molecule has 2 aromatic carbocycles. The third-order valence-corrected chi connectivity index (χ3v) is 3.74. The number of fused-ring (bicyclic) bond motifs is 3. The highest BCUT2D eigenvalue weighted by atomic mass is 16.5. The number of aromatic nitrogens is 4. The number of hydrogen-bond donors (Lipinski definition) is 1. The van der Waals surface area contributed by atoms with E-state index in [1.807, 2.05) is 55.5 Å². The highest BCUT2D eigenvalue weighted by molar-refractivity contribution is 5.99. The summed E-state index contributed by atoms with van der Waals surface area (Å²) in [6, 6.07) is 15.6. The second-order valence-electron chi connectivity index (χ2n) is 5.37. The fourth-order valence-corrected chi connectivity index (χ4v) is 2.59. The van der Waals surface area contributed by atoms with Crippen molar-refractivity contribution in [1.29, 1.82) is 0 Å². The molecular weight excluding hydrogens is 316 g/mol. The standard InChI is InChI=1S/C18H16N6O/c1-2-25-14-9-7-13(8-10-14)11-19-21-17-15-5-3-4-6-16(15)18-22-20-12-24(18)23-17/h3-12H,2H2,1H3,(H,21,23)/b19-11+. The molecule has 0 spiro atoms. The molecule has 0 radical (unpaired) electrons. The van der Waals surface area contributed by atoms with Gasteiger partial charge in [-0.05, 0) is 36.8 Å². The lowest BCUT2D eigenvalue weighted by Crippen LogP contribution is -2.00. The third kappa shape index (κ3) is 2.99. The van der Waals surface area contributed by atoms with Gasteiger partial charge in [0.1, 0.15) is 12.1 Å². The van der Waals surface area contributed by atoms with Crippen LogP contribution in [0.5, 0.6) is 5.75 Å². The number of ether oxygens (including phenoxy) is 1. The van der Waals surface area contributed by atoms with Crippen molar-refractivity contribution >= 4 is 28.5 Å². The number of nitrogens with one attached hydrogen (secondary N) is 1. The van der Waals surface area contributed by atoms with Crippen LogP contribution in [0, 0.1) is 0 Å². The van der Waals surface area contributed by atoms with Gasteiger partial charge in [0.15, 0.2) is 11.5 Å². The molecule has 0 bridgehead atoms. The summed E-state index contributed by atoms with van der Waals surface area (Å²) in [5.41, 5.74) is 4.69. The maximum absolute atomic E-state index is 5.43. The fraction of sp³-hybridized carbons (Fsp3) is 0.111. The van der Waals surface area contributed by atoms with E-state index in [2.05, 4.69) is 25.8 Å². The highest BCUT2D eigenvalue weighted by Crippen LogP contribution is 2.23. The van der Waals surface area contributed by atoms with E-state index in [9.17, 15) is 0 Å². The average Bonchev–Trinajstić information content (AvgIpc) is 3.12. The van der Waals surface area contributed by atoms with Gasteiger partial charge in [0.05, 0.1) is 12.8 Å². The van der Waals surface area contributed by atoms with Gasteiger partial charge in [-0.25, -0.2) is 0 Å². The number of benzene rings is 2. The van der Waals surface area contributed by atoms with Gasteiger partial charge >= 0.3 is 0 Å². The van der Waals surface area contributed by atoms with Gasteiger partial charge in [0.2, 0.25) is 0 Å². The minimum atomic E-state index is 0.644. The van der Waals surface area contributed by atoms with Crippen LogP contribution >= 0.6 is 0 Å². The van der Waals surface area contributed by atoms with Gasteiger partial charge in [-0.15, -0.1) is 15.3 Å². The molecule has 0 fully saturated rings. The number of hydrogen-bond acceptors (Lipinski definition) is 6. The first-order valence-corrected chi connectivity index (χ1v) is 7.96. The summed E-state index contributed by atoms with van der Waals surface area (Å²) in [6.45, 7) is 2.61. The van der Waals surface area contributed by atoms with Crippen LogP contribution in [0.1, 0.15) is 12.5 Å². The van der Waals surface area contributed by atoms with Gasteiger partial charge < -0.3 is 4.74 Å². The summed E-state index contributed by atoms with van der Waals surface area (Å²) >= 11 is 0. The van der Waals surface area contributed by atoms with E-state index in [1.165, 1.54) is 0 Å². The normalized spacial score (nSPS) is 11.4. The van der Waals surface area contributed by atoms with E-state index in [0.717, 1.165) is 27.7 Å². The first-order valence-electron chi connectivity index (χ1n) is 7.96. The summed E-state index contributed by atoms with van der Waals surface area (Å²) in [6.07, 6.45) is 3.31. The van der Waals surface area contributed by atoms with Crippen molar-refractivity contribution in [2.75, 3.05) is 12.0 Å². The Bertz CT molecular complexity index is 1040. The Balaban J connectivity index is 1.61. The van der Waals surface area contributed by atoms with Crippen LogP contribution < -0.4 is 10.2 Å². The summed E-state index contributed by atoms with van der Waals surface area (Å²) < 4.78 is 7.07. The van der Waals surface area contributed by atoms with Crippen molar-refractivity contribution in [2.45, 2.75) is 6.92 Å². The maximum Gasteiger partial charge on any atom is 0.185 e. The summed E-state index contributed by atoms with van der Waals surface area (Å²) in [5.74, 6) is 1.49. The molecule has 25 heavy (non-hydrogen) atoms. The molecule has 2 heterocycles. The van der Waals surface area contributed by atoms with E-state index >= 15 is 0 Å². The quantitative estimate of drug-likeness (QED) is 0.449. The zero-order chi connectivity index (χ0) is 17.1. The lowest BCUT2D eigenvalue weighted by molar-refractivity contribution is 0.340. The Morgan fingerprint density at radius 1 is 1.12 bits per heavy atom. The van der Waals surface area contributed by atoms with E-state index in [0.29, 0.717) is 12.4 Å². The average molecular weight is 332 g/mol. The molecule has 4 rings (SSSR count). The van der Waals surface area contributed by atoms with Crippen LogP contribution in [0.2, 0.25) is 0 Å². The molecular formula is C18H16N6O. The van der Waals surface area contributed by atoms with Crippen LogP contribution in [0.4, 0.5) is 5.82 Å². The topological polar surface area (TPSA) is 76.7 Å². The van der Waals surface area contributed by atoms with Crippen LogP contribution in [-0.2, 0) is 0 Å². The van der Waals surface area contributed by atoms with Crippen molar-refractivity contribution in [3.8, 4) is 5.75 Å². The lowest BCUT2D eigenvalue weighted by Gasteiger charge is -2.06. The van der Waals surface area contributed by atoms with Crippen LogP contribution in [0.3, 0.4) is 0 Å². The molecule has 0 unspecified atom stereocenters. The number of rotatable bonds is 5. The van der Waals surface area contributed by atoms with Crippen molar-refractivity contribution in [2.24, 2.45) is 5.10 Å². The SMILES string of the molecule is CCOc1ccc(/C=N/Nc2nn3cnnc3c3ccccc23)cc1. The Hall–Kier alpha value is -3.48. The molecule has 7 heteroatoms. The number of anilines is 1. The molecule has 2 aromatic heterocycles. The van der Waals surface area contributed by atoms with Crippen LogP contribution in [0.25, 0.3) is 16.4 Å². The van der Waals surface area contributed by atoms with E-state index in [-0.39, 0.29) is 0 Å². The van der Waals surface area contributed by atoms with Gasteiger partial charge in [-0.1, -0.05) is 24.3 Å². The second kappa shape index (κ2) is 6.56. The van der Waals surface area contributed by atoms with Gasteiger partial charge in [0.25, 0.3) is 0 Å². The first kappa shape index (κ1) is 15.1. The van der Waals surface area contributed by atoms with Crippen molar-refractivity contribution in [1.82, 2.24) is 19.8 Å². The monoisotopic (exact) mass is 332 g/mol. The predicted molar refractivity (Wildman–Crippen MR) is 97.1 cm³/mol. The second-order valence-corrected chi connectivity index (χ2v) is 5.37. The smallest absolute Gasteiger partial charge is 0.185 e. The first-order chi connectivity index (χ1) is 12.3. The summed E-state index contributed by atoms with van der Waals surface area (Å²) in [4.78, 5) is 0. The zero-order valence-electron chi connectivity index (χ0n) is 13.6. The van der Waals surface area contributed by atoms with Crippen LogP contribution in [-0.4, -0.2) is 32.6 Å². The molecule has 1 N–H and O–H groups in total. The molecule has 0 aliphatic rings. The molecule has 0 saturated carbocycles. The highest BCUT2D eigenvalue weighted by Gasteiger charge is 2.08. The van der Waals surface area contributed by atoms with Gasteiger partial charge in [-0.3, -0.25) is 5.43 Å². The Morgan fingerprint density at radius 2 is 1.92 bits per heavy atom. The zero-order valence-corrected chi connectivity index (χ0v) is 13.6. The van der Waals surface area contributed by atoms with Crippen molar-refractivity contribution in [3.63, 3.8) is 0 Å². The maximum atomic E-state index is 5.43. The summed E-state index contributed by atoms with van der Waals surface area (Å²) in [5, 5.41) is 18.7. The third-order valence-electron chi connectivity index (χ3n) is 3.74. The van der Waals surface area contributed by atoms with Crippen LogP contribution in [0.15, 0.2) is 60.0 Å². The van der Waals surface area contributed by atoms with Gasteiger partial charge in [0, 0.05) is 10.8 Å². The number of nitrogens with zero attached hydrogens (tertiary/aromatic N) is 5. The molecule has 0 amide bonds. The molecule has 0 aliphatic carbocycles. The Labute approximate surface area is 144 Å². The molecule has 124 valence electrons. The van der Waals surface area contributed by atoms with Crippen molar-refractivity contribution in [3.05, 3.63) is 60.4 Å². The van der Waals surface area contributed by atoms with E-state index in [4.69, 9.17) is 4.74 Å². The van der Waals surface area contributed by atoms with Gasteiger partial charge in [-0.2, -0.15) is 9.62 Å². The molecule has 0 aliphatic heterocycles. The van der Waals surface area contributed by atoms with Crippen molar-refractivity contribution < 1.29 is 4.74 Å². The Morgan fingerprint density at radius 3 is 2.72 bits per heavy atom. The largest absolute Gasteiger partial charge is 0.494 e. The molecule has 0 atom stereocenters.